The number of amides is 1. The SMILES string of the molecule is O=C(Nc1ccnc2ccncc12)C1COc2ccc(F)cc2C1. The number of benzene rings is 1. The third-order valence-electron chi connectivity index (χ3n) is 4.10. The molecule has 4 rings (SSSR count). The number of rotatable bonds is 2. The van der Waals surface area contributed by atoms with E-state index in [0.717, 1.165) is 10.9 Å². The van der Waals surface area contributed by atoms with E-state index in [2.05, 4.69) is 15.3 Å². The van der Waals surface area contributed by atoms with Crippen LogP contribution in [0.15, 0.2) is 48.9 Å². The smallest absolute Gasteiger partial charge is 0.231 e. The van der Waals surface area contributed by atoms with E-state index in [9.17, 15) is 9.18 Å². The lowest BCUT2D eigenvalue weighted by molar-refractivity contribution is -0.121. The maximum absolute atomic E-state index is 13.4. The number of hydrogen-bond acceptors (Lipinski definition) is 4. The van der Waals surface area contributed by atoms with Gasteiger partial charge < -0.3 is 10.1 Å². The third kappa shape index (κ3) is 2.67. The van der Waals surface area contributed by atoms with Crippen molar-refractivity contribution in [3.8, 4) is 5.75 Å². The fraction of sp³-hybridized carbons (Fsp3) is 0.167. The number of fused-ring (bicyclic) bond motifs is 2. The second-order valence-electron chi connectivity index (χ2n) is 5.70. The normalized spacial score (nSPS) is 16.3. The van der Waals surface area contributed by atoms with Gasteiger partial charge in [-0.05, 0) is 42.3 Å². The van der Waals surface area contributed by atoms with Crippen molar-refractivity contribution in [2.75, 3.05) is 11.9 Å². The van der Waals surface area contributed by atoms with Gasteiger partial charge in [0, 0.05) is 24.0 Å². The van der Waals surface area contributed by atoms with Crippen LogP contribution in [0, 0.1) is 11.7 Å². The lowest BCUT2D eigenvalue weighted by Crippen LogP contribution is -2.32. The molecule has 0 bridgehead atoms. The maximum atomic E-state index is 13.4. The summed E-state index contributed by atoms with van der Waals surface area (Å²) >= 11 is 0. The molecular formula is C18H14FN3O2. The van der Waals surface area contributed by atoms with Crippen molar-refractivity contribution >= 4 is 22.5 Å². The largest absolute Gasteiger partial charge is 0.492 e. The van der Waals surface area contributed by atoms with Crippen molar-refractivity contribution in [1.29, 1.82) is 0 Å². The molecule has 1 amide bonds. The predicted octanol–water partition coefficient (Wildman–Crippen LogP) is 2.96. The van der Waals surface area contributed by atoms with E-state index in [0.29, 0.717) is 23.4 Å². The van der Waals surface area contributed by atoms with Gasteiger partial charge in [0.15, 0.2) is 0 Å². The van der Waals surface area contributed by atoms with E-state index in [-0.39, 0.29) is 24.2 Å². The molecule has 0 saturated heterocycles. The van der Waals surface area contributed by atoms with Crippen LogP contribution in [0.25, 0.3) is 10.9 Å². The second kappa shape index (κ2) is 5.88. The van der Waals surface area contributed by atoms with Gasteiger partial charge in [0.25, 0.3) is 0 Å². The van der Waals surface area contributed by atoms with Gasteiger partial charge in [0.1, 0.15) is 18.2 Å². The van der Waals surface area contributed by atoms with Gasteiger partial charge in [-0.25, -0.2) is 4.39 Å². The molecule has 0 fully saturated rings. The molecule has 1 aromatic carbocycles. The lowest BCUT2D eigenvalue weighted by Gasteiger charge is -2.24. The minimum atomic E-state index is -0.376. The first-order valence-corrected chi connectivity index (χ1v) is 7.61. The Kier molecular flexibility index (Phi) is 3.57. The molecule has 5 nitrogen and oxygen atoms in total. The number of hydrogen-bond donors (Lipinski definition) is 1. The molecule has 1 unspecified atom stereocenters. The summed E-state index contributed by atoms with van der Waals surface area (Å²) in [6.45, 7) is 0.270. The van der Waals surface area contributed by atoms with Crippen molar-refractivity contribution in [1.82, 2.24) is 9.97 Å². The van der Waals surface area contributed by atoms with Crippen molar-refractivity contribution in [2.45, 2.75) is 6.42 Å². The van der Waals surface area contributed by atoms with E-state index in [4.69, 9.17) is 4.74 Å². The van der Waals surface area contributed by atoms with Gasteiger partial charge >= 0.3 is 0 Å². The first-order valence-electron chi connectivity index (χ1n) is 7.61. The van der Waals surface area contributed by atoms with Crippen molar-refractivity contribution in [3.63, 3.8) is 0 Å². The Hall–Kier alpha value is -3.02. The topological polar surface area (TPSA) is 64.1 Å². The Bertz CT molecular complexity index is 924. The first-order chi connectivity index (χ1) is 11.7. The lowest BCUT2D eigenvalue weighted by atomic mass is 9.96. The van der Waals surface area contributed by atoms with Gasteiger partial charge in [0.05, 0.1) is 17.1 Å². The average Bonchev–Trinajstić information content (AvgIpc) is 2.61. The molecule has 0 spiro atoms. The fourth-order valence-electron chi connectivity index (χ4n) is 2.86. The highest BCUT2D eigenvalue weighted by Crippen LogP contribution is 2.29. The van der Waals surface area contributed by atoms with Gasteiger partial charge in [0.2, 0.25) is 5.91 Å². The van der Waals surface area contributed by atoms with Crippen LogP contribution >= 0.6 is 0 Å². The van der Waals surface area contributed by atoms with Crippen LogP contribution in [-0.4, -0.2) is 22.5 Å². The standard InChI is InChI=1S/C18H14FN3O2/c19-13-1-2-17-11(8-13)7-12(10-24-17)18(23)22-16-4-6-21-15-3-5-20-9-14(15)16/h1-6,8-9,12H,7,10H2,(H,21,22,23). The van der Waals surface area contributed by atoms with Crippen molar-refractivity contribution < 1.29 is 13.9 Å². The number of anilines is 1. The highest BCUT2D eigenvalue weighted by molar-refractivity contribution is 6.01. The minimum absolute atomic E-state index is 0.165. The number of pyridine rings is 2. The van der Waals surface area contributed by atoms with Crippen molar-refractivity contribution in [3.05, 3.63) is 60.3 Å². The summed E-state index contributed by atoms with van der Waals surface area (Å²) in [7, 11) is 0. The van der Waals surface area contributed by atoms with Crippen LogP contribution in [0.4, 0.5) is 10.1 Å². The van der Waals surface area contributed by atoms with Crippen LogP contribution in [0.2, 0.25) is 0 Å². The molecule has 1 aliphatic heterocycles. The third-order valence-corrected chi connectivity index (χ3v) is 4.10. The molecule has 120 valence electrons. The average molecular weight is 323 g/mol. The van der Waals surface area contributed by atoms with E-state index >= 15 is 0 Å². The molecule has 3 aromatic rings. The van der Waals surface area contributed by atoms with Gasteiger partial charge in [-0.3, -0.25) is 14.8 Å². The zero-order valence-electron chi connectivity index (χ0n) is 12.7. The number of ether oxygens (including phenoxy) is 1. The number of carbonyl (C=O) groups excluding carboxylic acids is 1. The van der Waals surface area contributed by atoms with Crippen LogP contribution in [0.5, 0.6) is 5.75 Å². The molecular weight excluding hydrogens is 309 g/mol. The fourth-order valence-corrected chi connectivity index (χ4v) is 2.86. The summed E-state index contributed by atoms with van der Waals surface area (Å²) in [5.41, 5.74) is 2.13. The van der Waals surface area contributed by atoms with Crippen LogP contribution in [0.1, 0.15) is 5.56 Å². The molecule has 1 aliphatic rings. The summed E-state index contributed by atoms with van der Waals surface area (Å²) in [5.74, 6) is -0.232. The Labute approximate surface area is 137 Å². The molecule has 0 saturated carbocycles. The van der Waals surface area contributed by atoms with Crippen LogP contribution < -0.4 is 10.1 Å². The Morgan fingerprint density at radius 3 is 3.08 bits per heavy atom. The molecule has 3 heterocycles. The maximum Gasteiger partial charge on any atom is 0.231 e. The number of nitrogens with one attached hydrogen (secondary N) is 1. The number of nitrogens with zero attached hydrogens (tertiary/aromatic N) is 2. The van der Waals surface area contributed by atoms with E-state index in [1.165, 1.54) is 12.1 Å². The Morgan fingerprint density at radius 1 is 1.25 bits per heavy atom. The quantitative estimate of drug-likeness (QED) is 0.787. The zero-order chi connectivity index (χ0) is 16.5. The number of aromatic nitrogens is 2. The molecule has 0 radical (unpaired) electrons. The monoisotopic (exact) mass is 323 g/mol. The zero-order valence-corrected chi connectivity index (χ0v) is 12.7. The molecule has 2 aromatic heterocycles. The minimum Gasteiger partial charge on any atom is -0.492 e. The molecule has 0 aliphatic carbocycles. The van der Waals surface area contributed by atoms with Crippen molar-refractivity contribution in [2.24, 2.45) is 5.92 Å². The van der Waals surface area contributed by atoms with Gasteiger partial charge in [-0.1, -0.05) is 0 Å². The van der Waals surface area contributed by atoms with Gasteiger partial charge in [-0.15, -0.1) is 0 Å². The van der Waals surface area contributed by atoms with Gasteiger partial charge in [-0.2, -0.15) is 0 Å². The highest BCUT2D eigenvalue weighted by atomic mass is 19.1. The predicted molar refractivity (Wildman–Crippen MR) is 87.3 cm³/mol. The summed E-state index contributed by atoms with van der Waals surface area (Å²) in [6, 6.07) is 7.89. The van der Waals surface area contributed by atoms with E-state index in [1.807, 2.05) is 0 Å². The Balaban J connectivity index is 1.56. The summed E-state index contributed by atoms with van der Waals surface area (Å²) in [5, 5.41) is 3.68. The second-order valence-corrected chi connectivity index (χ2v) is 5.70. The molecule has 1 N–H and O–H groups in total. The van der Waals surface area contributed by atoms with Crippen LogP contribution in [-0.2, 0) is 11.2 Å². The molecule has 24 heavy (non-hydrogen) atoms. The van der Waals surface area contributed by atoms with E-state index in [1.54, 1.807) is 36.8 Å². The summed E-state index contributed by atoms with van der Waals surface area (Å²) < 4.78 is 19.0. The molecule has 1 atom stereocenters. The number of halogens is 1. The summed E-state index contributed by atoms with van der Waals surface area (Å²) in [4.78, 5) is 20.9. The van der Waals surface area contributed by atoms with E-state index < -0.39 is 0 Å². The Morgan fingerprint density at radius 2 is 2.17 bits per heavy atom. The van der Waals surface area contributed by atoms with Crippen LogP contribution in [0.3, 0.4) is 0 Å². The summed E-state index contributed by atoms with van der Waals surface area (Å²) in [6.07, 6.45) is 5.40. The highest BCUT2D eigenvalue weighted by Gasteiger charge is 2.26. The molecule has 6 heteroatoms. The number of carbonyl (C=O) groups is 1. The first kappa shape index (κ1) is 14.6.